The Bertz CT molecular complexity index is 992. The molecule has 5 nitrogen and oxygen atoms in total. The molecule has 3 rings (SSSR count). The van der Waals surface area contributed by atoms with Gasteiger partial charge in [0.1, 0.15) is 5.82 Å². The van der Waals surface area contributed by atoms with Crippen LogP contribution in [0.5, 0.6) is 0 Å². The van der Waals surface area contributed by atoms with Gasteiger partial charge in [0.2, 0.25) is 0 Å². The van der Waals surface area contributed by atoms with Crippen LogP contribution in [0.3, 0.4) is 0 Å². The highest BCUT2D eigenvalue weighted by Crippen LogP contribution is 2.21. The molecule has 0 atom stereocenters. The normalized spacial score (nSPS) is 10.7. The van der Waals surface area contributed by atoms with Crippen molar-refractivity contribution < 1.29 is 23.1 Å². The summed E-state index contributed by atoms with van der Waals surface area (Å²) in [7, 11) is 0. The fourth-order valence-corrected chi connectivity index (χ4v) is 2.60. The van der Waals surface area contributed by atoms with E-state index in [2.05, 4.69) is 4.98 Å². The number of carbonyl (C=O) groups is 2. The molecule has 0 aliphatic rings. The standard InChI is InChI=1S/C22H20FNO4/c1-14-3-4-17(11-15(14)2)19(25)13-27-22(26)10-9-21-24-12-20(28-21)16-5-7-18(23)8-6-16/h3-8,11-12H,9-10,13H2,1-2H3. The molecule has 28 heavy (non-hydrogen) atoms. The molecule has 0 saturated carbocycles. The molecule has 1 aromatic heterocycles. The minimum Gasteiger partial charge on any atom is -0.457 e. The summed E-state index contributed by atoms with van der Waals surface area (Å²) in [4.78, 5) is 28.2. The Hall–Kier alpha value is -3.28. The van der Waals surface area contributed by atoms with Crippen LogP contribution in [0.1, 0.15) is 33.8 Å². The maximum atomic E-state index is 13.0. The van der Waals surface area contributed by atoms with Gasteiger partial charge in [0, 0.05) is 17.5 Å². The van der Waals surface area contributed by atoms with Crippen molar-refractivity contribution in [1.82, 2.24) is 4.98 Å². The summed E-state index contributed by atoms with van der Waals surface area (Å²) in [6, 6.07) is 11.2. The van der Waals surface area contributed by atoms with Gasteiger partial charge in [-0.05, 0) is 55.3 Å². The number of Topliss-reactive ketones (excluding diaryl/α,β-unsaturated/α-hetero) is 1. The van der Waals surface area contributed by atoms with Gasteiger partial charge in [-0.25, -0.2) is 9.37 Å². The van der Waals surface area contributed by atoms with Crippen LogP contribution < -0.4 is 0 Å². The number of carbonyl (C=O) groups excluding carboxylic acids is 2. The molecule has 0 unspecified atom stereocenters. The van der Waals surface area contributed by atoms with Crippen molar-refractivity contribution in [2.45, 2.75) is 26.7 Å². The number of aryl methyl sites for hydroxylation is 3. The lowest BCUT2D eigenvalue weighted by molar-refractivity contribution is -0.142. The molecule has 0 aliphatic heterocycles. The third-order valence-electron chi connectivity index (χ3n) is 4.42. The average Bonchev–Trinajstić information content (AvgIpc) is 3.16. The number of nitrogens with zero attached hydrogens (tertiary/aromatic N) is 1. The summed E-state index contributed by atoms with van der Waals surface area (Å²) in [6.45, 7) is 3.59. The number of esters is 1. The topological polar surface area (TPSA) is 69.4 Å². The lowest BCUT2D eigenvalue weighted by atomic mass is 10.0. The second-order valence-electron chi connectivity index (χ2n) is 6.51. The monoisotopic (exact) mass is 381 g/mol. The van der Waals surface area contributed by atoms with Crippen molar-refractivity contribution in [1.29, 1.82) is 0 Å². The van der Waals surface area contributed by atoms with Crippen molar-refractivity contribution in [2.24, 2.45) is 0 Å². The van der Waals surface area contributed by atoms with Crippen molar-refractivity contribution in [3.63, 3.8) is 0 Å². The predicted octanol–water partition coefficient (Wildman–Crippen LogP) is 4.46. The van der Waals surface area contributed by atoms with E-state index in [1.807, 2.05) is 19.9 Å². The van der Waals surface area contributed by atoms with Crippen LogP contribution in [0.25, 0.3) is 11.3 Å². The van der Waals surface area contributed by atoms with E-state index in [9.17, 15) is 14.0 Å². The Morgan fingerprint density at radius 1 is 1.07 bits per heavy atom. The molecule has 0 aliphatic carbocycles. The quantitative estimate of drug-likeness (QED) is 0.446. The van der Waals surface area contributed by atoms with E-state index in [-0.39, 0.29) is 31.0 Å². The SMILES string of the molecule is Cc1ccc(C(=O)COC(=O)CCc2ncc(-c3ccc(F)cc3)o2)cc1C. The molecular weight excluding hydrogens is 361 g/mol. The highest BCUT2D eigenvalue weighted by molar-refractivity contribution is 5.98. The van der Waals surface area contributed by atoms with Crippen LogP contribution in [-0.2, 0) is 16.0 Å². The fourth-order valence-electron chi connectivity index (χ4n) is 2.60. The first-order valence-corrected chi connectivity index (χ1v) is 8.89. The van der Waals surface area contributed by atoms with Crippen LogP contribution >= 0.6 is 0 Å². The van der Waals surface area contributed by atoms with Crippen molar-refractivity contribution in [3.8, 4) is 11.3 Å². The Balaban J connectivity index is 1.48. The maximum Gasteiger partial charge on any atom is 0.306 e. The van der Waals surface area contributed by atoms with Crippen molar-refractivity contribution in [2.75, 3.05) is 6.61 Å². The summed E-state index contributed by atoms with van der Waals surface area (Å²) < 4.78 is 23.6. The molecule has 0 saturated heterocycles. The number of ketones is 1. The van der Waals surface area contributed by atoms with Crippen LogP contribution in [0, 0.1) is 19.7 Å². The third kappa shape index (κ3) is 4.91. The zero-order valence-corrected chi connectivity index (χ0v) is 15.7. The molecule has 144 valence electrons. The number of hydrogen-bond donors (Lipinski definition) is 0. The highest BCUT2D eigenvalue weighted by atomic mass is 19.1. The number of benzene rings is 2. The van der Waals surface area contributed by atoms with E-state index in [0.717, 1.165) is 11.1 Å². The zero-order valence-electron chi connectivity index (χ0n) is 15.7. The first-order chi connectivity index (χ1) is 13.4. The van der Waals surface area contributed by atoms with Gasteiger partial charge in [0.05, 0.1) is 12.6 Å². The average molecular weight is 381 g/mol. The number of rotatable bonds is 7. The Kier molecular flexibility index (Phi) is 5.99. The lowest BCUT2D eigenvalue weighted by Crippen LogP contribution is -2.14. The third-order valence-corrected chi connectivity index (χ3v) is 4.42. The second-order valence-corrected chi connectivity index (χ2v) is 6.51. The van der Waals surface area contributed by atoms with Gasteiger partial charge in [-0.1, -0.05) is 12.1 Å². The van der Waals surface area contributed by atoms with E-state index in [1.165, 1.54) is 18.3 Å². The number of aromatic nitrogens is 1. The Labute approximate surface area is 162 Å². The number of hydrogen-bond acceptors (Lipinski definition) is 5. The molecule has 0 fully saturated rings. The van der Waals surface area contributed by atoms with Crippen LogP contribution in [0.2, 0.25) is 0 Å². The van der Waals surface area contributed by atoms with E-state index >= 15 is 0 Å². The summed E-state index contributed by atoms with van der Waals surface area (Å²) in [6.07, 6.45) is 1.82. The molecule has 3 aromatic rings. The lowest BCUT2D eigenvalue weighted by Gasteiger charge is -2.06. The van der Waals surface area contributed by atoms with Gasteiger partial charge in [0.15, 0.2) is 24.0 Å². The van der Waals surface area contributed by atoms with Crippen LogP contribution in [0.15, 0.2) is 53.1 Å². The molecule has 2 aromatic carbocycles. The largest absolute Gasteiger partial charge is 0.457 e. The molecule has 0 N–H and O–H groups in total. The molecule has 0 spiro atoms. The van der Waals surface area contributed by atoms with Crippen molar-refractivity contribution in [3.05, 3.63) is 77.1 Å². The minimum absolute atomic E-state index is 0.0452. The number of halogens is 1. The van der Waals surface area contributed by atoms with Gasteiger partial charge in [-0.15, -0.1) is 0 Å². The van der Waals surface area contributed by atoms with Gasteiger partial charge in [0.25, 0.3) is 0 Å². The summed E-state index contributed by atoms with van der Waals surface area (Å²) in [5.41, 5.74) is 3.33. The molecule has 0 bridgehead atoms. The smallest absolute Gasteiger partial charge is 0.306 e. The first-order valence-electron chi connectivity index (χ1n) is 8.89. The van der Waals surface area contributed by atoms with Crippen molar-refractivity contribution >= 4 is 11.8 Å². The maximum absolute atomic E-state index is 13.0. The predicted molar refractivity (Wildman–Crippen MR) is 101 cm³/mol. The summed E-state index contributed by atoms with van der Waals surface area (Å²) in [5.74, 6) is -0.212. The first kappa shape index (κ1) is 19.5. The van der Waals surface area contributed by atoms with Gasteiger partial charge in [-0.2, -0.15) is 0 Å². The Morgan fingerprint density at radius 3 is 2.54 bits per heavy atom. The highest BCUT2D eigenvalue weighted by Gasteiger charge is 2.13. The van der Waals surface area contributed by atoms with E-state index in [4.69, 9.17) is 9.15 Å². The van der Waals surface area contributed by atoms with E-state index < -0.39 is 5.97 Å². The summed E-state index contributed by atoms with van der Waals surface area (Å²) in [5, 5.41) is 0. The van der Waals surface area contributed by atoms with Gasteiger partial charge >= 0.3 is 5.97 Å². The molecule has 6 heteroatoms. The molecule has 1 heterocycles. The van der Waals surface area contributed by atoms with E-state index in [0.29, 0.717) is 22.8 Å². The number of ether oxygens (including phenoxy) is 1. The zero-order chi connectivity index (χ0) is 20.1. The second kappa shape index (κ2) is 8.61. The summed E-state index contributed by atoms with van der Waals surface area (Å²) >= 11 is 0. The van der Waals surface area contributed by atoms with Gasteiger partial charge in [-0.3, -0.25) is 9.59 Å². The molecular formula is C22H20FNO4. The Morgan fingerprint density at radius 2 is 1.82 bits per heavy atom. The molecule has 0 amide bonds. The fraction of sp³-hybridized carbons (Fsp3) is 0.227. The van der Waals surface area contributed by atoms with Crippen LogP contribution in [0.4, 0.5) is 4.39 Å². The number of oxazole rings is 1. The van der Waals surface area contributed by atoms with E-state index in [1.54, 1.807) is 24.3 Å². The van der Waals surface area contributed by atoms with Crippen LogP contribution in [-0.4, -0.2) is 23.3 Å². The minimum atomic E-state index is -0.501. The van der Waals surface area contributed by atoms with Gasteiger partial charge < -0.3 is 9.15 Å². The molecule has 0 radical (unpaired) electrons.